The van der Waals surface area contributed by atoms with Crippen molar-refractivity contribution in [2.75, 3.05) is 23.3 Å². The third kappa shape index (κ3) is 2.55. The summed E-state index contributed by atoms with van der Waals surface area (Å²) < 4.78 is 0. The number of primary amides is 1. The lowest BCUT2D eigenvalue weighted by molar-refractivity contribution is -0.116. The smallest absolute Gasteiger partial charge is 0.236 e. The Balaban J connectivity index is 2.68. The Bertz CT molecular complexity index is 324. The van der Waals surface area contributed by atoms with Crippen molar-refractivity contribution in [3.63, 3.8) is 0 Å². The minimum Gasteiger partial charge on any atom is -0.397 e. The van der Waals surface area contributed by atoms with Gasteiger partial charge in [0.1, 0.15) is 0 Å². The number of hydrogen-bond acceptors (Lipinski definition) is 4. The van der Waals surface area contributed by atoms with Gasteiger partial charge in [0.05, 0.1) is 17.9 Å². The van der Waals surface area contributed by atoms with Crippen LogP contribution in [-0.4, -0.2) is 12.5 Å². The van der Waals surface area contributed by atoms with Crippen LogP contribution in [0, 0.1) is 0 Å². The molecule has 5 nitrogen and oxygen atoms in total. The highest BCUT2D eigenvalue weighted by Gasteiger charge is 1.97. The molecule has 0 heterocycles. The summed E-state index contributed by atoms with van der Waals surface area (Å²) in [6.45, 7) is 0.0867. The van der Waals surface area contributed by atoms with Gasteiger partial charge in [0.15, 0.2) is 0 Å². The van der Waals surface area contributed by atoms with E-state index in [1.165, 1.54) is 0 Å². The molecule has 1 amide bonds. The van der Waals surface area contributed by atoms with Gasteiger partial charge in [-0.25, -0.2) is 0 Å². The lowest BCUT2D eigenvalue weighted by Gasteiger charge is -2.05. The SMILES string of the molecule is NC(=O)CNc1ccc(N)c(N)c1. The summed E-state index contributed by atoms with van der Waals surface area (Å²) in [5, 5.41) is 2.80. The summed E-state index contributed by atoms with van der Waals surface area (Å²) in [5.74, 6) is -0.421. The second kappa shape index (κ2) is 3.66. The van der Waals surface area contributed by atoms with E-state index in [9.17, 15) is 4.79 Å². The van der Waals surface area contributed by atoms with Gasteiger partial charge >= 0.3 is 0 Å². The van der Waals surface area contributed by atoms with Crippen molar-refractivity contribution < 1.29 is 4.79 Å². The topological polar surface area (TPSA) is 107 Å². The fourth-order valence-electron chi connectivity index (χ4n) is 0.874. The first-order chi connectivity index (χ1) is 6.09. The summed E-state index contributed by atoms with van der Waals surface area (Å²) >= 11 is 0. The van der Waals surface area contributed by atoms with Gasteiger partial charge in [0, 0.05) is 5.69 Å². The minimum absolute atomic E-state index is 0.0867. The van der Waals surface area contributed by atoms with E-state index in [-0.39, 0.29) is 6.54 Å². The standard InChI is InChI=1S/C8H12N4O/c9-6-2-1-5(3-7(6)10)12-4-8(11)13/h1-3,12H,4,9-10H2,(H2,11,13). The molecule has 0 saturated heterocycles. The van der Waals surface area contributed by atoms with Gasteiger partial charge in [-0.2, -0.15) is 0 Å². The van der Waals surface area contributed by atoms with E-state index < -0.39 is 5.91 Å². The number of anilines is 3. The van der Waals surface area contributed by atoms with E-state index in [0.717, 1.165) is 5.69 Å². The Hall–Kier alpha value is -1.91. The van der Waals surface area contributed by atoms with Crippen LogP contribution in [0.25, 0.3) is 0 Å². The van der Waals surface area contributed by atoms with Crippen LogP contribution in [0.15, 0.2) is 18.2 Å². The molecule has 7 N–H and O–H groups in total. The highest BCUT2D eigenvalue weighted by atomic mass is 16.1. The van der Waals surface area contributed by atoms with E-state index >= 15 is 0 Å². The van der Waals surface area contributed by atoms with Crippen LogP contribution in [0.5, 0.6) is 0 Å². The van der Waals surface area contributed by atoms with Gasteiger partial charge in [0.2, 0.25) is 5.91 Å². The Kier molecular flexibility index (Phi) is 2.59. The number of nitrogens with one attached hydrogen (secondary N) is 1. The first-order valence-electron chi connectivity index (χ1n) is 3.77. The number of nitrogens with two attached hydrogens (primary N) is 3. The van der Waals surface area contributed by atoms with Crippen LogP contribution >= 0.6 is 0 Å². The van der Waals surface area contributed by atoms with Crippen molar-refractivity contribution in [2.24, 2.45) is 5.73 Å². The molecule has 0 unspecified atom stereocenters. The van der Waals surface area contributed by atoms with Gasteiger partial charge in [-0.3, -0.25) is 4.79 Å². The molecule has 0 bridgehead atoms. The number of rotatable bonds is 3. The first-order valence-corrected chi connectivity index (χ1v) is 3.77. The van der Waals surface area contributed by atoms with Crippen LogP contribution in [0.1, 0.15) is 0 Å². The second-order valence-corrected chi connectivity index (χ2v) is 2.66. The number of hydrogen-bond donors (Lipinski definition) is 4. The van der Waals surface area contributed by atoms with E-state index in [4.69, 9.17) is 17.2 Å². The Morgan fingerprint density at radius 3 is 2.54 bits per heavy atom. The molecule has 0 aromatic heterocycles. The average Bonchev–Trinajstić information content (AvgIpc) is 2.07. The fourth-order valence-corrected chi connectivity index (χ4v) is 0.874. The molecule has 70 valence electrons. The van der Waals surface area contributed by atoms with Gasteiger partial charge < -0.3 is 22.5 Å². The zero-order chi connectivity index (χ0) is 9.84. The second-order valence-electron chi connectivity index (χ2n) is 2.66. The minimum atomic E-state index is -0.421. The Morgan fingerprint density at radius 1 is 1.31 bits per heavy atom. The summed E-state index contributed by atoms with van der Waals surface area (Å²) in [6.07, 6.45) is 0. The van der Waals surface area contributed by atoms with Crippen molar-refractivity contribution in [3.8, 4) is 0 Å². The molecule has 0 aliphatic rings. The maximum absolute atomic E-state index is 10.4. The van der Waals surface area contributed by atoms with Crippen molar-refractivity contribution in [1.29, 1.82) is 0 Å². The van der Waals surface area contributed by atoms with E-state index in [1.807, 2.05) is 0 Å². The first kappa shape index (κ1) is 9.18. The van der Waals surface area contributed by atoms with Gasteiger partial charge in [-0.1, -0.05) is 0 Å². The molecule has 0 spiro atoms. The fraction of sp³-hybridized carbons (Fsp3) is 0.125. The van der Waals surface area contributed by atoms with E-state index in [1.54, 1.807) is 18.2 Å². The van der Waals surface area contributed by atoms with Gasteiger partial charge in [-0.15, -0.1) is 0 Å². The van der Waals surface area contributed by atoms with Crippen molar-refractivity contribution in [2.45, 2.75) is 0 Å². The van der Waals surface area contributed by atoms with E-state index in [0.29, 0.717) is 11.4 Å². The molecule has 5 heteroatoms. The molecule has 0 aliphatic heterocycles. The van der Waals surface area contributed by atoms with Crippen molar-refractivity contribution >= 4 is 23.0 Å². The third-order valence-corrected chi connectivity index (χ3v) is 1.55. The van der Waals surface area contributed by atoms with Crippen LogP contribution in [0.4, 0.5) is 17.1 Å². The molecule has 0 aliphatic carbocycles. The molecule has 0 saturated carbocycles. The molecule has 1 aromatic carbocycles. The largest absolute Gasteiger partial charge is 0.397 e. The van der Waals surface area contributed by atoms with Crippen LogP contribution in [-0.2, 0) is 4.79 Å². The monoisotopic (exact) mass is 180 g/mol. The summed E-state index contributed by atoms with van der Waals surface area (Å²) in [5.41, 5.74) is 17.7. The third-order valence-electron chi connectivity index (χ3n) is 1.55. The molecular weight excluding hydrogens is 168 g/mol. The van der Waals surface area contributed by atoms with Crippen LogP contribution in [0.2, 0.25) is 0 Å². The molecule has 13 heavy (non-hydrogen) atoms. The van der Waals surface area contributed by atoms with Gasteiger partial charge in [-0.05, 0) is 18.2 Å². The molecule has 0 fully saturated rings. The number of benzene rings is 1. The molecule has 1 aromatic rings. The predicted octanol–water partition coefficient (Wildman–Crippen LogP) is -0.252. The quantitative estimate of drug-likeness (QED) is 0.481. The normalized spacial score (nSPS) is 9.54. The number of nitrogen functional groups attached to an aromatic ring is 2. The molecule has 0 radical (unpaired) electrons. The van der Waals surface area contributed by atoms with E-state index in [2.05, 4.69) is 5.32 Å². The average molecular weight is 180 g/mol. The number of amides is 1. The lowest BCUT2D eigenvalue weighted by atomic mass is 10.2. The molecule has 0 atom stereocenters. The van der Waals surface area contributed by atoms with Crippen LogP contribution < -0.4 is 22.5 Å². The number of carbonyl (C=O) groups is 1. The predicted molar refractivity (Wildman–Crippen MR) is 53.0 cm³/mol. The van der Waals surface area contributed by atoms with Crippen molar-refractivity contribution in [1.82, 2.24) is 0 Å². The summed E-state index contributed by atoms with van der Waals surface area (Å²) in [4.78, 5) is 10.4. The zero-order valence-corrected chi connectivity index (χ0v) is 7.08. The van der Waals surface area contributed by atoms with Gasteiger partial charge in [0.25, 0.3) is 0 Å². The van der Waals surface area contributed by atoms with Crippen LogP contribution in [0.3, 0.4) is 0 Å². The van der Waals surface area contributed by atoms with Crippen molar-refractivity contribution in [3.05, 3.63) is 18.2 Å². The zero-order valence-electron chi connectivity index (χ0n) is 7.08. The summed E-state index contributed by atoms with van der Waals surface area (Å²) in [7, 11) is 0. The lowest BCUT2D eigenvalue weighted by Crippen LogP contribution is -2.21. The maximum atomic E-state index is 10.4. The number of carbonyl (C=O) groups excluding carboxylic acids is 1. The highest BCUT2D eigenvalue weighted by Crippen LogP contribution is 2.18. The highest BCUT2D eigenvalue weighted by molar-refractivity contribution is 5.79. The summed E-state index contributed by atoms with van der Waals surface area (Å²) in [6, 6.07) is 5.05. The molecular formula is C8H12N4O. The molecule has 1 rings (SSSR count). The Labute approximate surface area is 75.9 Å². The Morgan fingerprint density at radius 2 is 2.00 bits per heavy atom. The maximum Gasteiger partial charge on any atom is 0.236 e.